The molecule has 1 heterocycles. The van der Waals surface area contributed by atoms with Gasteiger partial charge >= 0.3 is 12.1 Å². The standard InChI is InChI=1S/C24H21NO5S/c1-14-10-11-22(31-14)21(26)12-20(23(27)28)25-24(29)30-13-19-17-8-4-2-6-15(17)16-7-3-5-9-18(16)19/h2-11,19-20H,12-13H2,1H3,(H,25,29)(H,27,28). The number of carboxylic acid groups (broad SMARTS) is 1. The van der Waals surface area contributed by atoms with E-state index < -0.39 is 18.1 Å². The van der Waals surface area contributed by atoms with Crippen molar-refractivity contribution < 1.29 is 24.2 Å². The van der Waals surface area contributed by atoms with Crippen LogP contribution >= 0.6 is 11.3 Å². The van der Waals surface area contributed by atoms with Crippen molar-refractivity contribution in [2.75, 3.05) is 6.61 Å². The van der Waals surface area contributed by atoms with E-state index in [1.807, 2.05) is 55.5 Å². The zero-order valence-electron chi connectivity index (χ0n) is 16.8. The molecule has 0 aliphatic heterocycles. The van der Waals surface area contributed by atoms with E-state index in [4.69, 9.17) is 4.74 Å². The Kier molecular flexibility index (Phi) is 5.86. The van der Waals surface area contributed by atoms with Crippen molar-refractivity contribution in [1.29, 1.82) is 0 Å². The van der Waals surface area contributed by atoms with Crippen LogP contribution in [0.3, 0.4) is 0 Å². The monoisotopic (exact) mass is 435 g/mol. The maximum atomic E-state index is 12.4. The Bertz CT molecular complexity index is 1110. The van der Waals surface area contributed by atoms with Gasteiger partial charge in [0.05, 0.1) is 4.88 Å². The number of alkyl carbamates (subject to hydrolysis) is 1. The third-order valence-corrected chi connectivity index (χ3v) is 6.38. The number of hydrogen-bond acceptors (Lipinski definition) is 5. The number of amides is 1. The van der Waals surface area contributed by atoms with Gasteiger partial charge in [-0.1, -0.05) is 48.5 Å². The first kappa shape index (κ1) is 20.8. The Morgan fingerprint density at radius 3 is 2.16 bits per heavy atom. The number of rotatable bonds is 7. The Labute approximate surface area is 183 Å². The summed E-state index contributed by atoms with van der Waals surface area (Å²) in [6.07, 6.45) is -1.19. The SMILES string of the molecule is Cc1ccc(C(=O)CC(NC(=O)OCC2c3ccccc3-c3ccccc32)C(=O)O)s1. The van der Waals surface area contributed by atoms with Gasteiger partial charge in [0.15, 0.2) is 5.78 Å². The number of Topliss-reactive ketones (excluding diaryl/α,β-unsaturated/α-hetero) is 1. The van der Waals surface area contributed by atoms with Crippen LogP contribution in [0.25, 0.3) is 11.1 Å². The van der Waals surface area contributed by atoms with Crippen molar-refractivity contribution in [2.45, 2.75) is 25.3 Å². The maximum Gasteiger partial charge on any atom is 0.407 e. The number of ketones is 1. The fourth-order valence-electron chi connectivity index (χ4n) is 3.85. The van der Waals surface area contributed by atoms with Gasteiger partial charge in [-0.25, -0.2) is 9.59 Å². The van der Waals surface area contributed by atoms with Crippen LogP contribution in [0, 0.1) is 6.92 Å². The molecule has 2 N–H and O–H groups in total. The number of nitrogens with one attached hydrogen (secondary N) is 1. The van der Waals surface area contributed by atoms with Crippen molar-refractivity contribution in [3.05, 3.63) is 81.5 Å². The molecule has 158 valence electrons. The van der Waals surface area contributed by atoms with E-state index >= 15 is 0 Å². The minimum Gasteiger partial charge on any atom is -0.480 e. The third kappa shape index (κ3) is 4.36. The molecule has 3 aromatic rings. The Morgan fingerprint density at radius 2 is 1.61 bits per heavy atom. The molecule has 0 bridgehead atoms. The van der Waals surface area contributed by atoms with Crippen LogP contribution in [0.4, 0.5) is 4.79 Å². The van der Waals surface area contributed by atoms with Gasteiger partial charge in [-0.3, -0.25) is 4.79 Å². The molecule has 0 radical (unpaired) electrons. The minimum absolute atomic E-state index is 0.0737. The first-order chi connectivity index (χ1) is 14.9. The molecule has 6 nitrogen and oxygen atoms in total. The molecule has 1 aromatic heterocycles. The Hall–Kier alpha value is -3.45. The summed E-state index contributed by atoms with van der Waals surface area (Å²) in [6, 6.07) is 18.0. The summed E-state index contributed by atoms with van der Waals surface area (Å²) in [5.41, 5.74) is 4.34. The molecule has 2 aromatic carbocycles. The first-order valence-corrected chi connectivity index (χ1v) is 10.7. The van der Waals surface area contributed by atoms with Gasteiger partial charge < -0.3 is 15.2 Å². The molecule has 1 aliphatic carbocycles. The summed E-state index contributed by atoms with van der Waals surface area (Å²) in [6.45, 7) is 1.94. The van der Waals surface area contributed by atoms with Gasteiger partial charge in [0.2, 0.25) is 0 Å². The molecule has 0 fully saturated rings. The summed E-state index contributed by atoms with van der Waals surface area (Å²) in [5.74, 6) is -1.74. The fraction of sp³-hybridized carbons (Fsp3) is 0.208. The average molecular weight is 436 g/mol. The normalized spacial score (nSPS) is 13.2. The number of aliphatic carboxylic acids is 1. The second-order valence-corrected chi connectivity index (χ2v) is 8.69. The van der Waals surface area contributed by atoms with E-state index in [0.717, 1.165) is 27.1 Å². The summed E-state index contributed by atoms with van der Waals surface area (Å²) in [7, 11) is 0. The van der Waals surface area contributed by atoms with Crippen LogP contribution < -0.4 is 5.32 Å². The lowest BCUT2D eigenvalue weighted by atomic mass is 9.98. The summed E-state index contributed by atoms with van der Waals surface area (Å²) < 4.78 is 5.39. The van der Waals surface area contributed by atoms with Gasteiger partial charge in [0.25, 0.3) is 0 Å². The first-order valence-electron chi connectivity index (χ1n) is 9.88. The largest absolute Gasteiger partial charge is 0.480 e. The fourth-order valence-corrected chi connectivity index (χ4v) is 4.67. The van der Waals surface area contributed by atoms with Gasteiger partial charge in [-0.2, -0.15) is 0 Å². The molecule has 1 aliphatic rings. The van der Waals surface area contributed by atoms with Gasteiger partial charge in [0.1, 0.15) is 12.6 Å². The van der Waals surface area contributed by atoms with E-state index in [9.17, 15) is 19.5 Å². The lowest BCUT2D eigenvalue weighted by molar-refractivity contribution is -0.139. The number of benzene rings is 2. The van der Waals surface area contributed by atoms with Crippen LogP contribution in [-0.2, 0) is 9.53 Å². The minimum atomic E-state index is -1.36. The Balaban J connectivity index is 1.41. The Morgan fingerprint density at radius 1 is 1.00 bits per heavy atom. The number of carbonyl (C=O) groups excluding carboxylic acids is 2. The zero-order valence-corrected chi connectivity index (χ0v) is 17.6. The van der Waals surface area contributed by atoms with Crippen molar-refractivity contribution in [3.8, 4) is 11.1 Å². The molecule has 0 saturated heterocycles. The van der Waals surface area contributed by atoms with Gasteiger partial charge in [-0.15, -0.1) is 11.3 Å². The van der Waals surface area contributed by atoms with E-state index in [0.29, 0.717) is 4.88 Å². The highest BCUT2D eigenvalue weighted by Crippen LogP contribution is 2.44. The molecular formula is C24H21NO5S. The molecule has 7 heteroatoms. The highest BCUT2D eigenvalue weighted by atomic mass is 32.1. The van der Waals surface area contributed by atoms with E-state index in [1.54, 1.807) is 12.1 Å². The number of fused-ring (bicyclic) bond motifs is 3. The third-order valence-electron chi connectivity index (χ3n) is 5.34. The molecule has 1 atom stereocenters. The maximum absolute atomic E-state index is 12.4. The van der Waals surface area contributed by atoms with Crippen molar-refractivity contribution in [2.24, 2.45) is 0 Å². The van der Waals surface area contributed by atoms with E-state index in [-0.39, 0.29) is 24.7 Å². The lowest BCUT2D eigenvalue weighted by Gasteiger charge is -2.17. The number of thiophene rings is 1. The van der Waals surface area contributed by atoms with Crippen LogP contribution in [0.5, 0.6) is 0 Å². The number of carboxylic acids is 1. The highest BCUT2D eigenvalue weighted by molar-refractivity contribution is 7.14. The predicted octanol–water partition coefficient (Wildman–Crippen LogP) is 4.62. The topological polar surface area (TPSA) is 92.7 Å². The van der Waals surface area contributed by atoms with Gasteiger partial charge in [0, 0.05) is 17.2 Å². The van der Waals surface area contributed by atoms with Crippen LogP contribution in [0.2, 0.25) is 0 Å². The van der Waals surface area contributed by atoms with Crippen LogP contribution in [-0.4, -0.2) is 35.6 Å². The number of carbonyl (C=O) groups is 3. The van der Waals surface area contributed by atoms with Crippen molar-refractivity contribution in [1.82, 2.24) is 5.32 Å². The zero-order chi connectivity index (χ0) is 22.0. The lowest BCUT2D eigenvalue weighted by Crippen LogP contribution is -2.42. The summed E-state index contributed by atoms with van der Waals surface area (Å²) >= 11 is 1.30. The van der Waals surface area contributed by atoms with Crippen LogP contribution in [0.1, 0.15) is 38.0 Å². The van der Waals surface area contributed by atoms with E-state index in [2.05, 4.69) is 5.32 Å². The summed E-state index contributed by atoms with van der Waals surface area (Å²) in [4.78, 5) is 37.7. The van der Waals surface area contributed by atoms with Crippen molar-refractivity contribution in [3.63, 3.8) is 0 Å². The molecule has 4 rings (SSSR count). The van der Waals surface area contributed by atoms with Gasteiger partial charge in [-0.05, 0) is 41.3 Å². The number of ether oxygens (including phenoxy) is 1. The highest BCUT2D eigenvalue weighted by Gasteiger charge is 2.30. The summed E-state index contributed by atoms with van der Waals surface area (Å²) in [5, 5.41) is 11.8. The molecule has 0 saturated carbocycles. The average Bonchev–Trinajstić information content (AvgIpc) is 3.33. The molecule has 1 unspecified atom stereocenters. The molecule has 1 amide bonds. The second kappa shape index (κ2) is 8.73. The molecule has 0 spiro atoms. The van der Waals surface area contributed by atoms with Crippen LogP contribution in [0.15, 0.2) is 60.7 Å². The second-order valence-electron chi connectivity index (χ2n) is 7.40. The number of aryl methyl sites for hydroxylation is 1. The quantitative estimate of drug-likeness (QED) is 0.528. The molecule has 31 heavy (non-hydrogen) atoms. The van der Waals surface area contributed by atoms with E-state index in [1.165, 1.54) is 11.3 Å². The predicted molar refractivity (Wildman–Crippen MR) is 118 cm³/mol. The smallest absolute Gasteiger partial charge is 0.407 e. The molecular weight excluding hydrogens is 414 g/mol. The number of hydrogen-bond donors (Lipinski definition) is 2. The van der Waals surface area contributed by atoms with Crippen molar-refractivity contribution >= 4 is 29.2 Å².